The molecule has 1 aromatic heterocycles. The van der Waals surface area contributed by atoms with E-state index in [1.165, 1.54) is 23.9 Å². The number of nitrogens with one attached hydrogen (secondary N) is 1. The number of nitriles is 1. The summed E-state index contributed by atoms with van der Waals surface area (Å²) in [6, 6.07) is 15.7. The Bertz CT molecular complexity index is 978. The summed E-state index contributed by atoms with van der Waals surface area (Å²) >= 11 is 1.34. The van der Waals surface area contributed by atoms with Gasteiger partial charge in [0.1, 0.15) is 5.82 Å². The van der Waals surface area contributed by atoms with Crippen LogP contribution in [0.3, 0.4) is 0 Å². The Balaban J connectivity index is 1.66. The van der Waals surface area contributed by atoms with Gasteiger partial charge in [-0.1, -0.05) is 36.0 Å². The number of thioether (sulfide) groups is 1. The fourth-order valence-corrected chi connectivity index (χ4v) is 3.64. The third kappa shape index (κ3) is 4.66. The highest BCUT2D eigenvalue weighted by Gasteiger charge is 2.14. The van der Waals surface area contributed by atoms with E-state index in [-0.39, 0.29) is 23.5 Å². The van der Waals surface area contributed by atoms with Crippen molar-refractivity contribution in [1.29, 1.82) is 5.26 Å². The average Bonchev–Trinajstić information content (AvgIpc) is 3.02. The van der Waals surface area contributed by atoms with Crippen LogP contribution in [0.4, 0.5) is 4.39 Å². The number of imidazole rings is 1. The maximum absolute atomic E-state index is 13.0. The Labute approximate surface area is 161 Å². The number of hydrogen-bond donors (Lipinski definition) is 1. The zero-order valence-electron chi connectivity index (χ0n) is 14.9. The van der Waals surface area contributed by atoms with E-state index in [9.17, 15) is 9.18 Å². The number of nitrogens with zero attached hydrogens (tertiary/aromatic N) is 3. The second kappa shape index (κ2) is 8.69. The van der Waals surface area contributed by atoms with Gasteiger partial charge in [-0.15, -0.1) is 0 Å². The summed E-state index contributed by atoms with van der Waals surface area (Å²) in [7, 11) is 0. The molecular weight excluding hydrogens is 363 g/mol. The van der Waals surface area contributed by atoms with Gasteiger partial charge in [0.2, 0.25) is 5.91 Å². The topological polar surface area (TPSA) is 70.7 Å². The van der Waals surface area contributed by atoms with Gasteiger partial charge < -0.3 is 9.88 Å². The molecule has 0 aliphatic carbocycles. The van der Waals surface area contributed by atoms with Gasteiger partial charge in [0.25, 0.3) is 0 Å². The van der Waals surface area contributed by atoms with E-state index in [0.717, 1.165) is 21.8 Å². The minimum absolute atomic E-state index is 0.129. The Hall–Kier alpha value is -2.85. The highest BCUT2D eigenvalue weighted by atomic mass is 32.2. The van der Waals surface area contributed by atoms with Gasteiger partial charge in [0, 0.05) is 6.54 Å². The van der Waals surface area contributed by atoms with Crippen molar-refractivity contribution in [2.45, 2.75) is 31.1 Å². The van der Waals surface area contributed by atoms with E-state index in [1.54, 1.807) is 12.1 Å². The molecule has 138 valence electrons. The molecule has 0 spiro atoms. The summed E-state index contributed by atoms with van der Waals surface area (Å²) in [4.78, 5) is 16.9. The Morgan fingerprint density at radius 1 is 1.30 bits per heavy atom. The Morgan fingerprint density at radius 2 is 2.04 bits per heavy atom. The van der Waals surface area contributed by atoms with Crippen LogP contribution in [0.2, 0.25) is 0 Å². The Kier molecular flexibility index (Phi) is 6.09. The van der Waals surface area contributed by atoms with E-state index >= 15 is 0 Å². The van der Waals surface area contributed by atoms with E-state index < -0.39 is 0 Å². The van der Waals surface area contributed by atoms with Crippen LogP contribution in [0.5, 0.6) is 0 Å². The molecule has 0 saturated heterocycles. The van der Waals surface area contributed by atoms with Gasteiger partial charge in [-0.05, 0) is 36.8 Å². The number of amides is 1. The standard InChI is InChI=1S/C20H19FN4OS/c1-14(15-7-9-16(21)10-8-15)23-19(26)13-27-20-24-17-5-2-3-6-18(17)25(20)12-4-11-22/h2-3,5-10,14H,4,12-13H2,1H3,(H,23,26)/t14-/m1/s1. The molecule has 0 fully saturated rings. The molecular formula is C20H19FN4OS. The number of para-hydroxylation sites is 2. The molecule has 2 aromatic carbocycles. The lowest BCUT2D eigenvalue weighted by molar-refractivity contribution is -0.119. The first-order valence-electron chi connectivity index (χ1n) is 8.58. The zero-order valence-corrected chi connectivity index (χ0v) is 15.7. The number of aromatic nitrogens is 2. The van der Waals surface area contributed by atoms with Crippen molar-refractivity contribution in [2.24, 2.45) is 0 Å². The fourth-order valence-electron chi connectivity index (χ4n) is 2.79. The molecule has 0 radical (unpaired) electrons. The number of hydrogen-bond acceptors (Lipinski definition) is 4. The maximum Gasteiger partial charge on any atom is 0.230 e. The smallest absolute Gasteiger partial charge is 0.230 e. The van der Waals surface area contributed by atoms with Crippen LogP contribution in [0.15, 0.2) is 53.7 Å². The number of fused-ring (bicyclic) bond motifs is 1. The lowest BCUT2D eigenvalue weighted by Crippen LogP contribution is -2.28. The predicted molar refractivity (Wildman–Crippen MR) is 104 cm³/mol. The maximum atomic E-state index is 13.0. The molecule has 1 atom stereocenters. The van der Waals surface area contributed by atoms with E-state index in [1.807, 2.05) is 35.8 Å². The predicted octanol–water partition coefficient (Wildman–Crippen LogP) is 4.06. The summed E-state index contributed by atoms with van der Waals surface area (Å²) in [6.45, 7) is 2.39. The van der Waals surface area contributed by atoms with Crippen molar-refractivity contribution in [1.82, 2.24) is 14.9 Å². The second-order valence-electron chi connectivity index (χ2n) is 6.07. The zero-order chi connectivity index (χ0) is 19.2. The van der Waals surface area contributed by atoms with Crippen LogP contribution in [-0.4, -0.2) is 21.2 Å². The van der Waals surface area contributed by atoms with Crippen molar-refractivity contribution < 1.29 is 9.18 Å². The molecule has 7 heteroatoms. The first-order valence-corrected chi connectivity index (χ1v) is 9.57. The molecule has 1 amide bonds. The number of carbonyl (C=O) groups excluding carboxylic acids is 1. The van der Waals surface area contributed by atoms with Crippen LogP contribution < -0.4 is 5.32 Å². The third-order valence-electron chi connectivity index (χ3n) is 4.15. The van der Waals surface area contributed by atoms with E-state index in [0.29, 0.717) is 13.0 Å². The van der Waals surface area contributed by atoms with Crippen molar-refractivity contribution in [2.75, 3.05) is 5.75 Å². The van der Waals surface area contributed by atoms with Crippen LogP contribution in [-0.2, 0) is 11.3 Å². The molecule has 1 N–H and O–H groups in total. The van der Waals surface area contributed by atoms with Crippen molar-refractivity contribution in [3.8, 4) is 6.07 Å². The van der Waals surface area contributed by atoms with Crippen molar-refractivity contribution in [3.05, 3.63) is 59.9 Å². The Morgan fingerprint density at radius 3 is 2.78 bits per heavy atom. The number of carbonyl (C=O) groups is 1. The quantitative estimate of drug-likeness (QED) is 0.626. The number of halogens is 1. The monoisotopic (exact) mass is 382 g/mol. The van der Waals surface area contributed by atoms with Crippen LogP contribution in [0, 0.1) is 17.1 Å². The summed E-state index contributed by atoms with van der Waals surface area (Å²) < 4.78 is 15.0. The van der Waals surface area contributed by atoms with E-state index in [4.69, 9.17) is 5.26 Å². The van der Waals surface area contributed by atoms with Crippen molar-refractivity contribution >= 4 is 28.7 Å². The minimum atomic E-state index is -0.302. The van der Waals surface area contributed by atoms with Gasteiger partial charge >= 0.3 is 0 Å². The number of benzene rings is 2. The van der Waals surface area contributed by atoms with Gasteiger partial charge in [-0.2, -0.15) is 5.26 Å². The van der Waals surface area contributed by atoms with E-state index in [2.05, 4.69) is 16.4 Å². The molecule has 0 unspecified atom stereocenters. The molecule has 27 heavy (non-hydrogen) atoms. The first-order chi connectivity index (χ1) is 13.1. The molecule has 0 bridgehead atoms. The molecule has 1 heterocycles. The lowest BCUT2D eigenvalue weighted by Gasteiger charge is -2.14. The summed E-state index contributed by atoms with van der Waals surface area (Å²) in [5, 5.41) is 12.5. The van der Waals surface area contributed by atoms with Gasteiger partial charge in [0.15, 0.2) is 5.16 Å². The highest BCUT2D eigenvalue weighted by Crippen LogP contribution is 2.24. The summed E-state index contributed by atoms with van der Waals surface area (Å²) in [6.07, 6.45) is 0.377. The third-order valence-corrected chi connectivity index (χ3v) is 5.12. The fraction of sp³-hybridized carbons (Fsp3) is 0.250. The number of rotatable bonds is 7. The molecule has 0 aliphatic heterocycles. The van der Waals surface area contributed by atoms with Gasteiger partial charge in [0.05, 0.1) is 35.3 Å². The average molecular weight is 382 g/mol. The minimum Gasteiger partial charge on any atom is -0.349 e. The second-order valence-corrected chi connectivity index (χ2v) is 7.01. The highest BCUT2D eigenvalue weighted by molar-refractivity contribution is 7.99. The number of aryl methyl sites for hydroxylation is 1. The van der Waals surface area contributed by atoms with Crippen LogP contribution >= 0.6 is 11.8 Å². The lowest BCUT2D eigenvalue weighted by atomic mass is 10.1. The van der Waals surface area contributed by atoms with Gasteiger partial charge in [-0.3, -0.25) is 4.79 Å². The van der Waals surface area contributed by atoms with Crippen LogP contribution in [0.1, 0.15) is 24.9 Å². The molecule has 3 aromatic rings. The largest absolute Gasteiger partial charge is 0.349 e. The molecule has 0 saturated carbocycles. The normalized spacial score (nSPS) is 11.9. The SMILES string of the molecule is C[C@@H](NC(=O)CSc1nc2ccccc2n1CCC#N)c1ccc(F)cc1. The van der Waals surface area contributed by atoms with Crippen molar-refractivity contribution in [3.63, 3.8) is 0 Å². The first kappa shape index (κ1) is 18.9. The summed E-state index contributed by atoms with van der Waals surface area (Å²) in [5.41, 5.74) is 2.64. The molecule has 5 nitrogen and oxygen atoms in total. The van der Waals surface area contributed by atoms with Gasteiger partial charge in [-0.25, -0.2) is 9.37 Å². The molecule has 3 rings (SSSR count). The summed E-state index contributed by atoms with van der Waals surface area (Å²) in [5.74, 6) is -0.221. The van der Waals surface area contributed by atoms with Crippen LogP contribution in [0.25, 0.3) is 11.0 Å². The molecule has 0 aliphatic rings.